The van der Waals surface area contributed by atoms with Crippen molar-refractivity contribution >= 4 is 17.7 Å². The van der Waals surface area contributed by atoms with Crippen LogP contribution in [0.4, 0.5) is 0 Å². The van der Waals surface area contributed by atoms with Crippen molar-refractivity contribution < 1.29 is 14.4 Å². The second-order valence-electron chi connectivity index (χ2n) is 7.20. The zero-order valence-corrected chi connectivity index (χ0v) is 14.0. The molecule has 1 saturated carbocycles. The molecule has 1 aromatic carbocycles. The summed E-state index contributed by atoms with van der Waals surface area (Å²) >= 11 is 0. The molecular formula is C18H22N4O3. The minimum absolute atomic E-state index is 0.131. The number of nitrogens with zero attached hydrogens (tertiary/aromatic N) is 1. The lowest BCUT2D eigenvalue weighted by atomic mass is 9.87. The van der Waals surface area contributed by atoms with Crippen LogP contribution in [-0.2, 0) is 22.7 Å². The summed E-state index contributed by atoms with van der Waals surface area (Å²) in [6, 6.07) is 6.06. The summed E-state index contributed by atoms with van der Waals surface area (Å²) in [6.45, 7) is 1.17. The molecule has 2 aliphatic heterocycles. The number of hydrogen-bond donors (Lipinski definition) is 3. The Morgan fingerprint density at radius 2 is 2.04 bits per heavy atom. The maximum atomic E-state index is 12.6. The third-order valence-electron chi connectivity index (χ3n) is 5.36. The summed E-state index contributed by atoms with van der Waals surface area (Å²) in [4.78, 5) is 37.6. The SMILES string of the molecule is NC1CC(NCc2ccc3c(c2)CN(C2CCC(=O)NC2=O)C3=O)C1. The van der Waals surface area contributed by atoms with E-state index in [1.165, 1.54) is 0 Å². The zero-order valence-electron chi connectivity index (χ0n) is 14.0. The molecule has 4 N–H and O–H groups in total. The summed E-state index contributed by atoms with van der Waals surface area (Å²) < 4.78 is 0. The van der Waals surface area contributed by atoms with Crippen molar-refractivity contribution in [1.29, 1.82) is 0 Å². The van der Waals surface area contributed by atoms with E-state index in [1.807, 2.05) is 18.2 Å². The van der Waals surface area contributed by atoms with Crippen molar-refractivity contribution in [2.24, 2.45) is 5.73 Å². The average Bonchev–Trinajstić information content (AvgIpc) is 2.87. The van der Waals surface area contributed by atoms with Crippen LogP contribution in [0.15, 0.2) is 18.2 Å². The van der Waals surface area contributed by atoms with Gasteiger partial charge in [0.2, 0.25) is 11.8 Å². The van der Waals surface area contributed by atoms with Gasteiger partial charge in [-0.25, -0.2) is 0 Å². The molecule has 7 heteroatoms. The van der Waals surface area contributed by atoms with Gasteiger partial charge in [0.1, 0.15) is 6.04 Å². The molecule has 0 aromatic heterocycles. The third-order valence-corrected chi connectivity index (χ3v) is 5.36. The number of benzene rings is 1. The highest BCUT2D eigenvalue weighted by molar-refractivity contribution is 6.05. The van der Waals surface area contributed by atoms with Crippen LogP contribution in [-0.4, -0.2) is 40.7 Å². The lowest BCUT2D eigenvalue weighted by Crippen LogP contribution is -2.52. The van der Waals surface area contributed by atoms with E-state index in [1.54, 1.807) is 4.90 Å². The average molecular weight is 342 g/mol. The van der Waals surface area contributed by atoms with Crippen LogP contribution in [0.5, 0.6) is 0 Å². The predicted molar refractivity (Wildman–Crippen MR) is 90.3 cm³/mol. The number of hydrogen-bond acceptors (Lipinski definition) is 5. The Morgan fingerprint density at radius 1 is 1.24 bits per heavy atom. The zero-order chi connectivity index (χ0) is 17.6. The number of rotatable bonds is 4. The molecule has 0 spiro atoms. The van der Waals surface area contributed by atoms with Crippen LogP contribution in [0.2, 0.25) is 0 Å². The largest absolute Gasteiger partial charge is 0.328 e. The molecule has 7 nitrogen and oxygen atoms in total. The fraction of sp³-hybridized carbons (Fsp3) is 0.500. The van der Waals surface area contributed by atoms with Crippen LogP contribution in [0.25, 0.3) is 0 Å². The molecule has 2 fully saturated rings. The van der Waals surface area contributed by atoms with Gasteiger partial charge in [0.15, 0.2) is 0 Å². The fourth-order valence-electron chi connectivity index (χ4n) is 3.83. The van der Waals surface area contributed by atoms with Gasteiger partial charge < -0.3 is 16.0 Å². The van der Waals surface area contributed by atoms with Crippen LogP contribution < -0.4 is 16.4 Å². The summed E-state index contributed by atoms with van der Waals surface area (Å²) in [5.41, 5.74) is 8.51. The standard InChI is InChI=1S/C18H22N4O3/c19-12-6-13(7-12)20-8-10-1-2-14-11(5-10)9-22(18(14)25)15-3-4-16(23)21-17(15)24/h1-2,5,12-13,15,20H,3-4,6-9,19H2,(H,21,23,24). The predicted octanol–water partition coefficient (Wildman–Crippen LogP) is 0.0269. The van der Waals surface area contributed by atoms with E-state index in [9.17, 15) is 14.4 Å². The van der Waals surface area contributed by atoms with Gasteiger partial charge >= 0.3 is 0 Å². The Bertz CT molecular complexity index is 742. The topological polar surface area (TPSA) is 105 Å². The van der Waals surface area contributed by atoms with Crippen LogP contribution in [0, 0.1) is 0 Å². The van der Waals surface area contributed by atoms with Crippen molar-refractivity contribution in [3.8, 4) is 0 Å². The van der Waals surface area contributed by atoms with Gasteiger partial charge in [0, 0.05) is 37.2 Å². The van der Waals surface area contributed by atoms with Crippen molar-refractivity contribution in [2.45, 2.75) is 56.9 Å². The summed E-state index contributed by atoms with van der Waals surface area (Å²) in [5, 5.41) is 5.80. The molecule has 132 valence electrons. The first-order valence-corrected chi connectivity index (χ1v) is 8.76. The molecule has 3 aliphatic rings. The molecule has 1 atom stereocenters. The normalized spacial score (nSPS) is 28.6. The van der Waals surface area contributed by atoms with Crippen LogP contribution >= 0.6 is 0 Å². The molecule has 0 radical (unpaired) electrons. The number of carbonyl (C=O) groups excluding carboxylic acids is 3. The minimum Gasteiger partial charge on any atom is -0.328 e. The number of fused-ring (bicyclic) bond motifs is 1. The summed E-state index contributed by atoms with van der Waals surface area (Å²) in [7, 11) is 0. The lowest BCUT2D eigenvalue weighted by molar-refractivity contribution is -0.136. The number of nitrogens with two attached hydrogens (primary N) is 1. The first kappa shape index (κ1) is 16.2. The Labute approximate surface area is 145 Å². The Morgan fingerprint density at radius 3 is 2.76 bits per heavy atom. The van der Waals surface area contributed by atoms with E-state index < -0.39 is 6.04 Å². The Balaban J connectivity index is 1.44. The number of carbonyl (C=O) groups is 3. The lowest BCUT2D eigenvalue weighted by Gasteiger charge is -2.33. The molecular weight excluding hydrogens is 320 g/mol. The Kier molecular flexibility index (Phi) is 4.05. The van der Waals surface area contributed by atoms with E-state index in [0.717, 1.165) is 30.5 Å². The number of amides is 3. The van der Waals surface area contributed by atoms with E-state index in [4.69, 9.17) is 5.73 Å². The van der Waals surface area contributed by atoms with Crippen molar-refractivity contribution in [3.63, 3.8) is 0 Å². The van der Waals surface area contributed by atoms with Gasteiger partial charge in [0.25, 0.3) is 5.91 Å². The van der Waals surface area contributed by atoms with Crippen molar-refractivity contribution in [2.75, 3.05) is 0 Å². The highest BCUT2D eigenvalue weighted by Gasteiger charge is 2.39. The Hall–Kier alpha value is -2.25. The third kappa shape index (κ3) is 3.05. The molecule has 0 bridgehead atoms. The maximum absolute atomic E-state index is 12.6. The number of nitrogens with one attached hydrogen (secondary N) is 2. The monoisotopic (exact) mass is 342 g/mol. The molecule has 1 saturated heterocycles. The van der Waals surface area contributed by atoms with Crippen LogP contribution in [0.1, 0.15) is 47.2 Å². The van der Waals surface area contributed by atoms with Crippen molar-refractivity contribution in [3.05, 3.63) is 34.9 Å². The first-order valence-electron chi connectivity index (χ1n) is 8.76. The minimum atomic E-state index is -0.560. The highest BCUT2D eigenvalue weighted by atomic mass is 16.2. The second kappa shape index (κ2) is 6.24. The van der Waals surface area contributed by atoms with E-state index in [-0.39, 0.29) is 24.1 Å². The highest BCUT2D eigenvalue weighted by Crippen LogP contribution is 2.28. The van der Waals surface area contributed by atoms with Crippen LogP contribution in [0.3, 0.4) is 0 Å². The quantitative estimate of drug-likeness (QED) is 0.670. The van der Waals surface area contributed by atoms with E-state index in [2.05, 4.69) is 10.6 Å². The van der Waals surface area contributed by atoms with E-state index >= 15 is 0 Å². The smallest absolute Gasteiger partial charge is 0.255 e. The van der Waals surface area contributed by atoms with Gasteiger partial charge in [0.05, 0.1) is 0 Å². The van der Waals surface area contributed by atoms with Crippen molar-refractivity contribution in [1.82, 2.24) is 15.5 Å². The molecule has 25 heavy (non-hydrogen) atoms. The van der Waals surface area contributed by atoms with Gasteiger partial charge in [-0.2, -0.15) is 0 Å². The summed E-state index contributed by atoms with van der Waals surface area (Å²) in [6.07, 6.45) is 2.68. The van der Waals surface area contributed by atoms with Gasteiger partial charge in [-0.3, -0.25) is 19.7 Å². The molecule has 1 aromatic rings. The van der Waals surface area contributed by atoms with Gasteiger partial charge in [-0.1, -0.05) is 12.1 Å². The molecule has 3 amide bonds. The molecule has 1 aliphatic carbocycles. The maximum Gasteiger partial charge on any atom is 0.255 e. The fourth-order valence-corrected chi connectivity index (χ4v) is 3.83. The van der Waals surface area contributed by atoms with Gasteiger partial charge in [-0.15, -0.1) is 0 Å². The molecule has 2 heterocycles. The van der Waals surface area contributed by atoms with E-state index in [0.29, 0.717) is 30.6 Å². The van der Waals surface area contributed by atoms with Gasteiger partial charge in [-0.05, 0) is 36.5 Å². The number of imide groups is 1. The molecule has 1 unspecified atom stereocenters. The summed E-state index contributed by atoms with van der Waals surface area (Å²) in [5.74, 6) is -0.774. The first-order chi connectivity index (χ1) is 12.0. The molecule has 4 rings (SSSR count). The number of piperidine rings is 1. The second-order valence-corrected chi connectivity index (χ2v) is 7.20.